The van der Waals surface area contributed by atoms with Crippen LogP contribution in [0.5, 0.6) is 0 Å². The van der Waals surface area contributed by atoms with Gasteiger partial charge in [0.15, 0.2) is 5.82 Å². The van der Waals surface area contributed by atoms with Crippen molar-refractivity contribution in [2.75, 3.05) is 11.9 Å². The molecule has 0 fully saturated rings. The third kappa shape index (κ3) is 2.69. The van der Waals surface area contributed by atoms with Crippen LogP contribution in [-0.4, -0.2) is 32.8 Å². The van der Waals surface area contributed by atoms with Crippen molar-refractivity contribution in [1.82, 2.24) is 19.7 Å². The molecule has 130 valence electrons. The van der Waals surface area contributed by atoms with Gasteiger partial charge in [-0.05, 0) is 30.2 Å². The molecule has 26 heavy (non-hydrogen) atoms. The zero-order valence-corrected chi connectivity index (χ0v) is 14.5. The number of hydrogen-bond acceptors (Lipinski definition) is 5. The highest BCUT2D eigenvalue weighted by Crippen LogP contribution is 2.32. The molecule has 0 saturated heterocycles. The smallest absolute Gasteiger partial charge is 0.225 e. The molecule has 6 nitrogen and oxygen atoms in total. The van der Waals surface area contributed by atoms with Crippen molar-refractivity contribution in [1.29, 1.82) is 5.26 Å². The maximum absolute atomic E-state index is 13.0. The van der Waals surface area contributed by atoms with Crippen molar-refractivity contribution in [3.05, 3.63) is 59.4 Å². The summed E-state index contributed by atoms with van der Waals surface area (Å²) < 4.78 is 15.0. The molecule has 0 amide bonds. The number of aromatic nitrogens is 4. The Labute approximate surface area is 150 Å². The molecule has 0 aliphatic carbocycles. The van der Waals surface area contributed by atoms with Gasteiger partial charge in [-0.1, -0.05) is 6.07 Å². The van der Waals surface area contributed by atoms with Gasteiger partial charge in [0.1, 0.15) is 0 Å². The van der Waals surface area contributed by atoms with Crippen molar-refractivity contribution in [2.24, 2.45) is 0 Å². The second-order valence-electron chi connectivity index (χ2n) is 6.50. The molecule has 2 aromatic heterocycles. The first-order valence-corrected chi connectivity index (χ1v) is 8.33. The van der Waals surface area contributed by atoms with Crippen LogP contribution in [0.3, 0.4) is 0 Å². The van der Waals surface area contributed by atoms with Crippen LogP contribution in [0.1, 0.15) is 16.8 Å². The summed E-state index contributed by atoms with van der Waals surface area (Å²) in [4.78, 5) is 10.1. The lowest BCUT2D eigenvalue weighted by Crippen LogP contribution is -2.34. The monoisotopic (exact) mass is 348 g/mol. The lowest BCUT2D eigenvalue weighted by molar-refractivity contribution is 0.555. The van der Waals surface area contributed by atoms with E-state index < -0.39 is 5.82 Å². The minimum atomic E-state index is -0.444. The fraction of sp³-hybridized carbons (Fsp3) is 0.263. The molecule has 0 saturated carbocycles. The Morgan fingerprint density at radius 3 is 2.69 bits per heavy atom. The van der Waals surface area contributed by atoms with E-state index in [1.165, 1.54) is 12.4 Å². The van der Waals surface area contributed by atoms with Crippen LogP contribution in [-0.2, 0) is 13.0 Å². The number of aryl methyl sites for hydroxylation is 1. The number of nitriles is 1. The van der Waals surface area contributed by atoms with Crippen LogP contribution < -0.4 is 4.90 Å². The Morgan fingerprint density at radius 2 is 2.00 bits per heavy atom. The molecule has 1 unspecified atom stereocenters. The molecule has 0 bridgehead atoms. The summed E-state index contributed by atoms with van der Waals surface area (Å²) in [6.45, 7) is 2.73. The minimum absolute atomic E-state index is 0.154. The van der Waals surface area contributed by atoms with E-state index in [2.05, 4.69) is 21.1 Å². The van der Waals surface area contributed by atoms with E-state index >= 15 is 0 Å². The molecule has 1 aliphatic heterocycles. The minimum Gasteiger partial charge on any atom is -0.339 e. The van der Waals surface area contributed by atoms with Gasteiger partial charge < -0.3 is 4.90 Å². The molecule has 0 spiro atoms. The van der Waals surface area contributed by atoms with Crippen molar-refractivity contribution < 1.29 is 4.39 Å². The number of halogens is 1. The first-order chi connectivity index (χ1) is 12.6. The Balaban J connectivity index is 1.61. The average Bonchev–Trinajstić information content (AvgIpc) is 3.22. The molecule has 3 aromatic rings. The van der Waals surface area contributed by atoms with Crippen LogP contribution in [0.25, 0.3) is 11.1 Å². The lowest BCUT2D eigenvalue weighted by Gasteiger charge is -2.23. The standard InChI is InChI=1S/C19H17FN6/c1-12-5-13(7-21)3-4-16(12)17-10-24-26-11-15(6-18(17)26)25(2)19-22-8-14(20)9-23-19/h3-5,8-10,15H,6,11H2,1-2H3. The van der Waals surface area contributed by atoms with Gasteiger partial charge in [-0.15, -0.1) is 0 Å². The fourth-order valence-electron chi connectivity index (χ4n) is 3.44. The Hall–Kier alpha value is -3.27. The molecular weight excluding hydrogens is 331 g/mol. The van der Waals surface area contributed by atoms with E-state index in [1.807, 2.05) is 47.9 Å². The molecular formula is C19H17FN6. The summed E-state index contributed by atoms with van der Waals surface area (Å²) in [6, 6.07) is 8.02. The SMILES string of the molecule is Cc1cc(C#N)ccc1-c1cnn2c1CC(N(C)c1ncc(F)cn1)C2. The summed E-state index contributed by atoms with van der Waals surface area (Å²) in [5.41, 5.74) is 5.03. The topological polar surface area (TPSA) is 70.6 Å². The normalized spacial score (nSPS) is 15.5. The zero-order chi connectivity index (χ0) is 18.3. The highest BCUT2D eigenvalue weighted by Gasteiger charge is 2.30. The Morgan fingerprint density at radius 1 is 1.23 bits per heavy atom. The Kier molecular flexibility index (Phi) is 3.88. The molecule has 0 N–H and O–H groups in total. The third-order valence-electron chi connectivity index (χ3n) is 4.88. The van der Waals surface area contributed by atoms with Gasteiger partial charge >= 0.3 is 0 Å². The molecule has 1 atom stereocenters. The molecule has 1 aromatic carbocycles. The maximum atomic E-state index is 13.0. The van der Waals surface area contributed by atoms with Gasteiger partial charge in [0, 0.05) is 24.7 Å². The van der Waals surface area contributed by atoms with Crippen molar-refractivity contribution in [3.63, 3.8) is 0 Å². The van der Waals surface area contributed by atoms with E-state index in [0.717, 1.165) is 35.3 Å². The van der Waals surface area contributed by atoms with Crippen LogP contribution in [0.2, 0.25) is 0 Å². The second-order valence-corrected chi connectivity index (χ2v) is 6.50. The van der Waals surface area contributed by atoms with Gasteiger partial charge in [-0.3, -0.25) is 4.68 Å². The van der Waals surface area contributed by atoms with Gasteiger partial charge in [-0.2, -0.15) is 10.4 Å². The highest BCUT2D eigenvalue weighted by atomic mass is 19.1. The number of likely N-dealkylation sites (N-methyl/N-ethyl adjacent to an activating group) is 1. The summed E-state index contributed by atoms with van der Waals surface area (Å²) >= 11 is 0. The summed E-state index contributed by atoms with van der Waals surface area (Å²) in [7, 11) is 1.91. The summed E-state index contributed by atoms with van der Waals surface area (Å²) in [5, 5.41) is 13.6. The fourth-order valence-corrected chi connectivity index (χ4v) is 3.44. The van der Waals surface area contributed by atoms with Crippen molar-refractivity contribution in [2.45, 2.75) is 25.9 Å². The van der Waals surface area contributed by atoms with Gasteiger partial charge in [0.25, 0.3) is 0 Å². The van der Waals surface area contributed by atoms with E-state index in [0.29, 0.717) is 11.5 Å². The molecule has 3 heterocycles. The largest absolute Gasteiger partial charge is 0.339 e. The average molecular weight is 348 g/mol. The quantitative estimate of drug-likeness (QED) is 0.728. The van der Waals surface area contributed by atoms with E-state index in [1.54, 1.807) is 0 Å². The van der Waals surface area contributed by atoms with Crippen molar-refractivity contribution >= 4 is 5.95 Å². The molecule has 4 rings (SSSR count). The molecule has 7 heteroatoms. The van der Waals surface area contributed by atoms with E-state index in [9.17, 15) is 4.39 Å². The lowest BCUT2D eigenvalue weighted by atomic mass is 9.98. The first kappa shape index (κ1) is 16.2. The van der Waals surface area contributed by atoms with Crippen molar-refractivity contribution in [3.8, 4) is 17.2 Å². The number of anilines is 1. The van der Waals surface area contributed by atoms with Crippen LogP contribution in [0.15, 0.2) is 36.8 Å². The van der Waals surface area contributed by atoms with E-state index in [-0.39, 0.29) is 6.04 Å². The van der Waals surface area contributed by atoms with E-state index in [4.69, 9.17) is 5.26 Å². The highest BCUT2D eigenvalue weighted by molar-refractivity contribution is 5.70. The molecule has 0 radical (unpaired) electrons. The third-order valence-corrected chi connectivity index (χ3v) is 4.88. The van der Waals surface area contributed by atoms with Crippen LogP contribution >= 0.6 is 0 Å². The number of benzene rings is 1. The maximum Gasteiger partial charge on any atom is 0.225 e. The summed E-state index contributed by atoms with van der Waals surface area (Å²) in [5.74, 6) is 0.0540. The predicted octanol–water partition coefficient (Wildman–Crippen LogP) is 2.72. The number of rotatable bonds is 3. The number of fused-ring (bicyclic) bond motifs is 1. The summed E-state index contributed by atoms with van der Waals surface area (Å²) in [6.07, 6.45) is 5.04. The number of hydrogen-bond donors (Lipinski definition) is 0. The van der Waals surface area contributed by atoms with Gasteiger partial charge in [-0.25, -0.2) is 14.4 Å². The Bertz CT molecular complexity index is 1000. The van der Waals surface area contributed by atoms with Crippen LogP contribution in [0.4, 0.5) is 10.3 Å². The van der Waals surface area contributed by atoms with Gasteiger partial charge in [0.2, 0.25) is 5.95 Å². The van der Waals surface area contributed by atoms with Gasteiger partial charge in [0.05, 0.1) is 42.8 Å². The second kappa shape index (κ2) is 6.23. The zero-order valence-electron chi connectivity index (χ0n) is 14.5. The number of nitrogens with zero attached hydrogens (tertiary/aromatic N) is 6. The predicted molar refractivity (Wildman–Crippen MR) is 95.0 cm³/mol. The first-order valence-electron chi connectivity index (χ1n) is 8.33. The molecule has 1 aliphatic rings. The van der Waals surface area contributed by atoms with Crippen LogP contribution in [0, 0.1) is 24.1 Å².